The van der Waals surface area contributed by atoms with Crippen molar-refractivity contribution in [3.8, 4) is 5.75 Å². The summed E-state index contributed by atoms with van der Waals surface area (Å²) < 4.78 is 0. The number of phenols is 1. The lowest BCUT2D eigenvalue weighted by Gasteiger charge is -2.31. The van der Waals surface area contributed by atoms with Gasteiger partial charge in [-0.05, 0) is 43.7 Å². The molecule has 0 bridgehead atoms. The molecule has 1 N–H and O–H groups in total. The molecular formula is C11H15NO. The second-order valence-corrected chi connectivity index (χ2v) is 3.92. The third-order valence-corrected chi connectivity index (χ3v) is 2.88. The van der Waals surface area contributed by atoms with Gasteiger partial charge in [-0.25, -0.2) is 0 Å². The summed E-state index contributed by atoms with van der Waals surface area (Å²) >= 11 is 0. The SMILES string of the molecule is C[C@@H]1Cc2cc(O)ccc2CN1C. The molecule has 1 aliphatic rings. The van der Waals surface area contributed by atoms with Crippen LogP contribution in [-0.4, -0.2) is 23.1 Å². The van der Waals surface area contributed by atoms with E-state index in [0.29, 0.717) is 11.8 Å². The fourth-order valence-electron chi connectivity index (χ4n) is 1.86. The van der Waals surface area contributed by atoms with Crippen molar-refractivity contribution in [1.82, 2.24) is 4.90 Å². The topological polar surface area (TPSA) is 23.5 Å². The Morgan fingerprint density at radius 3 is 2.92 bits per heavy atom. The van der Waals surface area contributed by atoms with Crippen LogP contribution in [0.15, 0.2) is 18.2 Å². The van der Waals surface area contributed by atoms with Crippen LogP contribution in [0.25, 0.3) is 0 Å². The first kappa shape index (κ1) is 8.57. The molecule has 2 heteroatoms. The van der Waals surface area contributed by atoms with Crippen molar-refractivity contribution in [2.45, 2.75) is 25.9 Å². The van der Waals surface area contributed by atoms with Crippen molar-refractivity contribution < 1.29 is 5.11 Å². The van der Waals surface area contributed by atoms with Crippen LogP contribution >= 0.6 is 0 Å². The fourth-order valence-corrected chi connectivity index (χ4v) is 1.86. The van der Waals surface area contributed by atoms with E-state index in [0.717, 1.165) is 13.0 Å². The third-order valence-electron chi connectivity index (χ3n) is 2.88. The van der Waals surface area contributed by atoms with E-state index in [-0.39, 0.29) is 0 Å². The van der Waals surface area contributed by atoms with Gasteiger partial charge in [-0.3, -0.25) is 4.90 Å². The lowest BCUT2D eigenvalue weighted by atomic mass is 9.95. The summed E-state index contributed by atoms with van der Waals surface area (Å²) in [6, 6.07) is 6.25. The predicted octanol–water partition coefficient (Wildman–Crippen LogP) is 1.77. The van der Waals surface area contributed by atoms with Crippen LogP contribution in [-0.2, 0) is 13.0 Å². The average molecular weight is 177 g/mol. The molecule has 0 aliphatic carbocycles. The van der Waals surface area contributed by atoms with E-state index in [2.05, 4.69) is 18.9 Å². The van der Waals surface area contributed by atoms with E-state index in [1.165, 1.54) is 11.1 Å². The molecule has 0 saturated heterocycles. The molecule has 0 fully saturated rings. The highest BCUT2D eigenvalue weighted by Crippen LogP contribution is 2.24. The summed E-state index contributed by atoms with van der Waals surface area (Å²) in [5, 5.41) is 9.33. The quantitative estimate of drug-likeness (QED) is 0.653. The van der Waals surface area contributed by atoms with Gasteiger partial charge in [0.05, 0.1) is 0 Å². The van der Waals surface area contributed by atoms with Crippen LogP contribution in [0.3, 0.4) is 0 Å². The van der Waals surface area contributed by atoms with Crippen molar-refractivity contribution in [2.24, 2.45) is 0 Å². The Hall–Kier alpha value is -1.02. The summed E-state index contributed by atoms with van der Waals surface area (Å²) in [7, 11) is 2.14. The van der Waals surface area contributed by atoms with Gasteiger partial charge in [0.25, 0.3) is 0 Å². The van der Waals surface area contributed by atoms with Crippen LogP contribution in [0.2, 0.25) is 0 Å². The Morgan fingerprint density at radius 1 is 1.38 bits per heavy atom. The van der Waals surface area contributed by atoms with Crippen molar-refractivity contribution in [3.05, 3.63) is 29.3 Å². The van der Waals surface area contributed by atoms with E-state index >= 15 is 0 Å². The maximum absolute atomic E-state index is 9.33. The van der Waals surface area contributed by atoms with Gasteiger partial charge in [-0.15, -0.1) is 0 Å². The molecule has 1 aromatic rings. The van der Waals surface area contributed by atoms with Gasteiger partial charge in [-0.2, -0.15) is 0 Å². The molecule has 1 atom stereocenters. The monoisotopic (exact) mass is 177 g/mol. The molecule has 0 saturated carbocycles. The molecule has 13 heavy (non-hydrogen) atoms. The summed E-state index contributed by atoms with van der Waals surface area (Å²) in [6.45, 7) is 3.21. The van der Waals surface area contributed by atoms with Crippen molar-refractivity contribution in [1.29, 1.82) is 0 Å². The molecule has 0 radical (unpaired) electrons. The molecule has 0 unspecified atom stereocenters. The molecule has 0 aromatic heterocycles. The van der Waals surface area contributed by atoms with Gasteiger partial charge in [0.15, 0.2) is 0 Å². The second-order valence-electron chi connectivity index (χ2n) is 3.92. The maximum atomic E-state index is 9.33. The number of likely N-dealkylation sites (N-methyl/N-ethyl adjacent to an activating group) is 1. The Balaban J connectivity index is 2.37. The number of hydrogen-bond donors (Lipinski definition) is 1. The van der Waals surface area contributed by atoms with Crippen molar-refractivity contribution in [3.63, 3.8) is 0 Å². The van der Waals surface area contributed by atoms with Crippen LogP contribution < -0.4 is 0 Å². The van der Waals surface area contributed by atoms with Gasteiger partial charge < -0.3 is 5.11 Å². The smallest absolute Gasteiger partial charge is 0.115 e. The normalized spacial score (nSPS) is 22.8. The largest absolute Gasteiger partial charge is 0.508 e. The van der Waals surface area contributed by atoms with Crippen LogP contribution in [0, 0.1) is 0 Å². The Kier molecular flexibility index (Phi) is 2.00. The lowest BCUT2D eigenvalue weighted by Crippen LogP contribution is -2.34. The zero-order valence-electron chi connectivity index (χ0n) is 8.12. The molecule has 2 nitrogen and oxygen atoms in total. The van der Waals surface area contributed by atoms with Gasteiger partial charge in [0.1, 0.15) is 5.75 Å². The highest BCUT2D eigenvalue weighted by atomic mass is 16.3. The minimum Gasteiger partial charge on any atom is -0.508 e. The average Bonchev–Trinajstić information content (AvgIpc) is 2.08. The zero-order valence-corrected chi connectivity index (χ0v) is 8.12. The molecule has 2 rings (SSSR count). The minimum atomic E-state index is 0.385. The van der Waals surface area contributed by atoms with Gasteiger partial charge in [-0.1, -0.05) is 6.07 Å². The van der Waals surface area contributed by atoms with Crippen LogP contribution in [0.4, 0.5) is 0 Å². The number of fused-ring (bicyclic) bond motifs is 1. The number of benzene rings is 1. The second kappa shape index (κ2) is 3.04. The summed E-state index contributed by atoms with van der Waals surface area (Å²) in [4.78, 5) is 2.33. The highest BCUT2D eigenvalue weighted by Gasteiger charge is 2.19. The van der Waals surface area contributed by atoms with Crippen LogP contribution in [0.1, 0.15) is 18.1 Å². The number of nitrogens with zero attached hydrogens (tertiary/aromatic N) is 1. The summed E-state index contributed by atoms with van der Waals surface area (Å²) in [5.41, 5.74) is 2.64. The zero-order chi connectivity index (χ0) is 9.42. The molecule has 1 aliphatic heterocycles. The number of hydrogen-bond acceptors (Lipinski definition) is 2. The first-order chi connectivity index (χ1) is 6.16. The van der Waals surface area contributed by atoms with E-state index in [9.17, 15) is 5.11 Å². The maximum Gasteiger partial charge on any atom is 0.115 e. The predicted molar refractivity (Wildman–Crippen MR) is 52.7 cm³/mol. The number of phenolic OH excluding ortho intramolecular Hbond substituents is 1. The Morgan fingerprint density at radius 2 is 2.15 bits per heavy atom. The summed E-state index contributed by atoms with van der Waals surface area (Å²) in [5.74, 6) is 0.385. The molecule has 0 spiro atoms. The summed E-state index contributed by atoms with van der Waals surface area (Å²) in [6.07, 6.45) is 1.04. The van der Waals surface area contributed by atoms with E-state index in [1.54, 1.807) is 6.07 Å². The van der Waals surface area contributed by atoms with Gasteiger partial charge >= 0.3 is 0 Å². The molecule has 1 aromatic carbocycles. The molecule has 70 valence electrons. The van der Waals surface area contributed by atoms with E-state index < -0.39 is 0 Å². The highest BCUT2D eigenvalue weighted by molar-refractivity contribution is 5.36. The molecular weight excluding hydrogens is 162 g/mol. The first-order valence-corrected chi connectivity index (χ1v) is 4.68. The number of rotatable bonds is 0. The van der Waals surface area contributed by atoms with E-state index in [4.69, 9.17) is 0 Å². The van der Waals surface area contributed by atoms with E-state index in [1.807, 2.05) is 12.1 Å². The van der Waals surface area contributed by atoms with Gasteiger partial charge in [0.2, 0.25) is 0 Å². The first-order valence-electron chi connectivity index (χ1n) is 4.68. The standard InChI is InChI=1S/C11H15NO/c1-8-5-10-6-11(13)4-3-9(10)7-12(8)2/h3-4,6,8,13H,5,7H2,1-2H3/t8-/m1/s1. The fraction of sp³-hybridized carbons (Fsp3) is 0.455. The number of aromatic hydroxyl groups is 1. The van der Waals surface area contributed by atoms with Crippen LogP contribution in [0.5, 0.6) is 5.75 Å². The van der Waals surface area contributed by atoms with Crippen molar-refractivity contribution >= 4 is 0 Å². The minimum absolute atomic E-state index is 0.385. The van der Waals surface area contributed by atoms with Crippen molar-refractivity contribution in [2.75, 3.05) is 7.05 Å². The lowest BCUT2D eigenvalue weighted by molar-refractivity contribution is 0.231. The molecule has 0 amide bonds. The molecule has 1 heterocycles. The van der Waals surface area contributed by atoms with Gasteiger partial charge in [0, 0.05) is 12.6 Å². The Labute approximate surface area is 78.8 Å². The third kappa shape index (κ3) is 1.54. The Bertz CT molecular complexity index is 322.